The Kier molecular flexibility index (Phi) is 6.26. The van der Waals surface area contributed by atoms with Crippen molar-refractivity contribution in [2.75, 3.05) is 13.2 Å². The standard InChI is InChI=1S/C13H27NO/c1-4-6-12(10-14-11(2)3)9-13-7-5-8-15-13/h11-14H,4-10H2,1-3H3. The molecule has 0 aliphatic carbocycles. The zero-order valence-electron chi connectivity index (χ0n) is 10.6. The second-order valence-electron chi connectivity index (χ2n) is 5.09. The van der Waals surface area contributed by atoms with E-state index in [4.69, 9.17) is 4.74 Å². The fourth-order valence-electron chi connectivity index (χ4n) is 2.32. The van der Waals surface area contributed by atoms with Crippen molar-refractivity contribution in [3.05, 3.63) is 0 Å². The summed E-state index contributed by atoms with van der Waals surface area (Å²) in [7, 11) is 0. The highest BCUT2D eigenvalue weighted by atomic mass is 16.5. The van der Waals surface area contributed by atoms with E-state index < -0.39 is 0 Å². The summed E-state index contributed by atoms with van der Waals surface area (Å²) in [5, 5.41) is 3.55. The summed E-state index contributed by atoms with van der Waals surface area (Å²) in [6, 6.07) is 0.605. The molecule has 2 nitrogen and oxygen atoms in total. The number of nitrogens with one attached hydrogen (secondary N) is 1. The Labute approximate surface area is 94.8 Å². The van der Waals surface area contributed by atoms with Gasteiger partial charge in [0.15, 0.2) is 0 Å². The molecule has 0 aromatic heterocycles. The number of rotatable bonds is 7. The van der Waals surface area contributed by atoms with Crippen LogP contribution in [0, 0.1) is 5.92 Å². The molecule has 0 saturated carbocycles. The van der Waals surface area contributed by atoms with Gasteiger partial charge in [-0.2, -0.15) is 0 Å². The van der Waals surface area contributed by atoms with E-state index >= 15 is 0 Å². The van der Waals surface area contributed by atoms with Crippen LogP contribution in [0.1, 0.15) is 52.9 Å². The van der Waals surface area contributed by atoms with Gasteiger partial charge in [-0.3, -0.25) is 0 Å². The molecule has 0 bridgehead atoms. The Morgan fingerprint density at radius 2 is 2.20 bits per heavy atom. The molecule has 1 N–H and O–H groups in total. The summed E-state index contributed by atoms with van der Waals surface area (Å²) < 4.78 is 5.71. The van der Waals surface area contributed by atoms with E-state index in [0.717, 1.165) is 19.1 Å². The van der Waals surface area contributed by atoms with Gasteiger partial charge in [0.05, 0.1) is 6.10 Å². The second kappa shape index (κ2) is 7.24. The van der Waals surface area contributed by atoms with Crippen LogP contribution in [0.5, 0.6) is 0 Å². The first-order valence-electron chi connectivity index (χ1n) is 6.57. The van der Waals surface area contributed by atoms with E-state index in [2.05, 4.69) is 26.1 Å². The van der Waals surface area contributed by atoms with Crippen LogP contribution in [-0.4, -0.2) is 25.3 Å². The summed E-state index contributed by atoms with van der Waals surface area (Å²) in [5.41, 5.74) is 0. The molecule has 1 heterocycles. The highest BCUT2D eigenvalue weighted by molar-refractivity contribution is 4.72. The third-order valence-corrected chi connectivity index (χ3v) is 3.13. The fourth-order valence-corrected chi connectivity index (χ4v) is 2.32. The molecular formula is C13H27NO. The topological polar surface area (TPSA) is 21.3 Å². The molecule has 1 rings (SSSR count). The predicted octanol–water partition coefficient (Wildman–Crippen LogP) is 2.97. The van der Waals surface area contributed by atoms with Crippen LogP contribution in [-0.2, 0) is 4.74 Å². The van der Waals surface area contributed by atoms with Gasteiger partial charge in [0.1, 0.15) is 0 Å². The Hall–Kier alpha value is -0.0800. The average Bonchev–Trinajstić information content (AvgIpc) is 2.67. The lowest BCUT2D eigenvalue weighted by Crippen LogP contribution is -2.30. The van der Waals surface area contributed by atoms with Crippen LogP contribution in [0.2, 0.25) is 0 Å². The van der Waals surface area contributed by atoms with Crippen LogP contribution in [0.3, 0.4) is 0 Å². The molecule has 1 aliphatic rings. The largest absolute Gasteiger partial charge is 0.378 e. The Morgan fingerprint density at radius 3 is 2.73 bits per heavy atom. The summed E-state index contributed by atoms with van der Waals surface area (Å²) in [4.78, 5) is 0. The molecule has 2 atom stereocenters. The zero-order chi connectivity index (χ0) is 11.1. The summed E-state index contributed by atoms with van der Waals surface area (Å²) >= 11 is 0. The minimum atomic E-state index is 0.551. The maximum Gasteiger partial charge on any atom is 0.0579 e. The van der Waals surface area contributed by atoms with Crippen LogP contribution in [0.25, 0.3) is 0 Å². The lowest BCUT2D eigenvalue weighted by Gasteiger charge is -2.21. The van der Waals surface area contributed by atoms with Crippen molar-refractivity contribution in [3.63, 3.8) is 0 Å². The normalized spacial score (nSPS) is 23.6. The van der Waals surface area contributed by atoms with Gasteiger partial charge in [-0.05, 0) is 38.1 Å². The molecule has 1 fully saturated rings. The Balaban J connectivity index is 2.22. The smallest absolute Gasteiger partial charge is 0.0579 e. The summed E-state index contributed by atoms with van der Waals surface area (Å²) in [6.07, 6.45) is 6.98. The monoisotopic (exact) mass is 213 g/mol. The van der Waals surface area contributed by atoms with Crippen LogP contribution < -0.4 is 5.32 Å². The van der Waals surface area contributed by atoms with Gasteiger partial charge in [-0.1, -0.05) is 27.2 Å². The average molecular weight is 213 g/mol. The first kappa shape index (κ1) is 13.0. The van der Waals surface area contributed by atoms with Gasteiger partial charge in [-0.15, -0.1) is 0 Å². The molecule has 2 unspecified atom stereocenters. The molecule has 1 aliphatic heterocycles. The van der Waals surface area contributed by atoms with Gasteiger partial charge < -0.3 is 10.1 Å². The van der Waals surface area contributed by atoms with Crippen LogP contribution in [0.15, 0.2) is 0 Å². The van der Waals surface area contributed by atoms with Crippen molar-refractivity contribution in [1.82, 2.24) is 5.32 Å². The second-order valence-corrected chi connectivity index (χ2v) is 5.09. The molecule has 0 aromatic carbocycles. The van der Waals surface area contributed by atoms with E-state index in [0.29, 0.717) is 12.1 Å². The predicted molar refractivity (Wildman–Crippen MR) is 65.1 cm³/mol. The third-order valence-electron chi connectivity index (χ3n) is 3.13. The SMILES string of the molecule is CCCC(CNC(C)C)CC1CCCO1. The Morgan fingerprint density at radius 1 is 1.40 bits per heavy atom. The first-order chi connectivity index (χ1) is 7.22. The third kappa shape index (κ3) is 5.53. The molecule has 2 heteroatoms. The van der Waals surface area contributed by atoms with Gasteiger partial charge in [-0.25, -0.2) is 0 Å². The fraction of sp³-hybridized carbons (Fsp3) is 1.00. The first-order valence-corrected chi connectivity index (χ1v) is 6.57. The quantitative estimate of drug-likeness (QED) is 0.702. The number of hydrogen-bond donors (Lipinski definition) is 1. The molecule has 0 amide bonds. The van der Waals surface area contributed by atoms with Crippen molar-refractivity contribution in [2.24, 2.45) is 5.92 Å². The highest BCUT2D eigenvalue weighted by Gasteiger charge is 2.20. The van der Waals surface area contributed by atoms with Gasteiger partial charge >= 0.3 is 0 Å². The molecule has 0 spiro atoms. The summed E-state index contributed by atoms with van der Waals surface area (Å²) in [5.74, 6) is 0.806. The zero-order valence-corrected chi connectivity index (χ0v) is 10.6. The highest BCUT2D eigenvalue weighted by Crippen LogP contribution is 2.22. The van der Waals surface area contributed by atoms with Crippen molar-refractivity contribution in [2.45, 2.75) is 65.0 Å². The van der Waals surface area contributed by atoms with Crippen molar-refractivity contribution < 1.29 is 4.74 Å². The molecule has 90 valence electrons. The molecule has 0 aromatic rings. The van der Waals surface area contributed by atoms with Crippen LogP contribution >= 0.6 is 0 Å². The lowest BCUT2D eigenvalue weighted by molar-refractivity contribution is 0.0875. The Bertz CT molecular complexity index is 153. The lowest BCUT2D eigenvalue weighted by atomic mass is 9.95. The van der Waals surface area contributed by atoms with Crippen molar-refractivity contribution in [1.29, 1.82) is 0 Å². The molecule has 0 radical (unpaired) electrons. The minimum absolute atomic E-state index is 0.551. The minimum Gasteiger partial charge on any atom is -0.378 e. The van der Waals surface area contributed by atoms with E-state index in [-0.39, 0.29) is 0 Å². The van der Waals surface area contributed by atoms with E-state index in [1.54, 1.807) is 0 Å². The van der Waals surface area contributed by atoms with Crippen molar-refractivity contribution in [3.8, 4) is 0 Å². The van der Waals surface area contributed by atoms with Gasteiger partial charge in [0, 0.05) is 12.6 Å². The van der Waals surface area contributed by atoms with Crippen molar-refractivity contribution >= 4 is 0 Å². The molecular weight excluding hydrogens is 186 g/mol. The maximum absolute atomic E-state index is 5.71. The van der Waals surface area contributed by atoms with E-state index in [1.165, 1.54) is 32.1 Å². The maximum atomic E-state index is 5.71. The number of ether oxygens (including phenoxy) is 1. The van der Waals surface area contributed by atoms with Crippen LogP contribution in [0.4, 0.5) is 0 Å². The number of hydrogen-bond acceptors (Lipinski definition) is 2. The molecule has 1 saturated heterocycles. The van der Waals surface area contributed by atoms with Gasteiger partial charge in [0.25, 0.3) is 0 Å². The van der Waals surface area contributed by atoms with E-state index in [9.17, 15) is 0 Å². The van der Waals surface area contributed by atoms with E-state index in [1.807, 2.05) is 0 Å². The molecule has 15 heavy (non-hydrogen) atoms. The van der Waals surface area contributed by atoms with Gasteiger partial charge in [0.2, 0.25) is 0 Å². The summed E-state index contributed by atoms with van der Waals surface area (Å²) in [6.45, 7) is 8.86.